The second-order valence-corrected chi connectivity index (χ2v) is 8.64. The van der Waals surface area contributed by atoms with Crippen molar-refractivity contribution in [3.05, 3.63) is 70.5 Å². The fraction of sp³-hybridized carbons (Fsp3) is 0.250. The summed E-state index contributed by atoms with van der Waals surface area (Å²) in [5.41, 5.74) is 6.67. The first-order chi connectivity index (χ1) is 17.6. The van der Waals surface area contributed by atoms with E-state index in [4.69, 9.17) is 17.3 Å². The summed E-state index contributed by atoms with van der Waals surface area (Å²) in [7, 11) is 0. The number of carbonyl (C=O) groups excluding carboxylic acids is 2. The Labute approximate surface area is 215 Å². The number of nitrogens with one attached hydrogen (secondary N) is 3. The molecule has 1 aliphatic rings. The zero-order chi connectivity index (χ0) is 26.6. The predicted molar refractivity (Wildman–Crippen MR) is 133 cm³/mol. The molecule has 5 N–H and O–H groups in total. The average molecular weight is 534 g/mol. The molecule has 194 valence electrons. The number of halogens is 4. The maximum Gasteiger partial charge on any atom is 0.417 e. The maximum atomic E-state index is 13.0. The van der Waals surface area contributed by atoms with Crippen LogP contribution in [0.1, 0.15) is 21.6 Å². The number of aromatic nitrogens is 2. The Morgan fingerprint density at radius 3 is 2.62 bits per heavy atom. The van der Waals surface area contributed by atoms with Crippen molar-refractivity contribution >= 4 is 35.0 Å². The molecule has 2 aromatic carbocycles. The van der Waals surface area contributed by atoms with E-state index in [1.54, 1.807) is 29.2 Å². The number of anilines is 2. The van der Waals surface area contributed by atoms with Gasteiger partial charge in [0.25, 0.3) is 5.91 Å². The molecule has 37 heavy (non-hydrogen) atoms. The molecule has 9 nitrogen and oxygen atoms in total. The zero-order valence-electron chi connectivity index (χ0n) is 19.4. The molecule has 2 heterocycles. The monoisotopic (exact) mass is 533 g/mol. The Morgan fingerprint density at radius 2 is 1.89 bits per heavy atom. The van der Waals surface area contributed by atoms with Gasteiger partial charge in [-0.05, 0) is 29.8 Å². The van der Waals surface area contributed by atoms with Gasteiger partial charge in [0.15, 0.2) is 11.5 Å². The number of rotatable bonds is 5. The number of hydrogen-bond acceptors (Lipinski definition) is 6. The van der Waals surface area contributed by atoms with Gasteiger partial charge in [0.2, 0.25) is 0 Å². The summed E-state index contributed by atoms with van der Waals surface area (Å²) in [4.78, 5) is 35.4. The molecule has 1 aliphatic heterocycles. The van der Waals surface area contributed by atoms with E-state index in [1.165, 1.54) is 12.3 Å². The van der Waals surface area contributed by atoms with Gasteiger partial charge in [-0.25, -0.2) is 14.8 Å². The minimum Gasteiger partial charge on any atom is -0.382 e. The van der Waals surface area contributed by atoms with Crippen LogP contribution in [0.25, 0.3) is 11.3 Å². The van der Waals surface area contributed by atoms with Crippen LogP contribution in [0.15, 0.2) is 48.7 Å². The first kappa shape index (κ1) is 26.2. The molecule has 0 spiro atoms. The molecule has 1 fully saturated rings. The van der Waals surface area contributed by atoms with E-state index in [-0.39, 0.29) is 29.7 Å². The molecule has 0 atom stereocenters. The summed E-state index contributed by atoms with van der Waals surface area (Å²) in [5, 5.41) is 7.68. The Hall–Kier alpha value is -3.90. The lowest BCUT2D eigenvalue weighted by Gasteiger charge is -2.27. The Bertz CT molecular complexity index is 1310. The second kappa shape index (κ2) is 11.0. The van der Waals surface area contributed by atoms with E-state index in [0.29, 0.717) is 43.0 Å². The smallest absolute Gasteiger partial charge is 0.382 e. The maximum absolute atomic E-state index is 13.0. The highest BCUT2D eigenvalue weighted by Crippen LogP contribution is 2.36. The van der Waals surface area contributed by atoms with Gasteiger partial charge >= 0.3 is 12.2 Å². The first-order valence-corrected chi connectivity index (χ1v) is 11.6. The summed E-state index contributed by atoms with van der Waals surface area (Å²) < 4.78 is 39.1. The van der Waals surface area contributed by atoms with Gasteiger partial charge in [0.1, 0.15) is 0 Å². The summed E-state index contributed by atoms with van der Waals surface area (Å²) in [6.07, 6.45) is -3.19. The number of benzene rings is 2. The Morgan fingerprint density at radius 1 is 1.14 bits per heavy atom. The van der Waals surface area contributed by atoms with Gasteiger partial charge in [-0.2, -0.15) is 13.2 Å². The number of amides is 3. The minimum atomic E-state index is -4.65. The molecular weight excluding hydrogens is 511 g/mol. The van der Waals surface area contributed by atoms with Crippen LogP contribution >= 0.6 is 11.6 Å². The van der Waals surface area contributed by atoms with Gasteiger partial charge in [-0.1, -0.05) is 29.8 Å². The molecule has 0 unspecified atom stereocenters. The van der Waals surface area contributed by atoms with Crippen molar-refractivity contribution in [3.8, 4) is 11.3 Å². The lowest BCUT2D eigenvalue weighted by molar-refractivity contribution is -0.137. The fourth-order valence-electron chi connectivity index (χ4n) is 3.73. The molecule has 1 aromatic heterocycles. The zero-order valence-corrected chi connectivity index (χ0v) is 20.2. The van der Waals surface area contributed by atoms with Gasteiger partial charge in [0.05, 0.1) is 22.5 Å². The standard InChI is InChI=1S/C24H23ClF3N7O2/c25-18-5-4-16(11-17(18)24(26,27)28)33-23(37)32-12-14-2-1-3-15(10-14)19-13-31-21(29)20(34-19)22(36)35-8-6-30-7-9-35/h1-5,10-11,13,30H,6-9,12H2,(H2,29,31)(H2,32,33,37). The minimum absolute atomic E-state index is 0.0395. The van der Waals surface area contributed by atoms with Crippen molar-refractivity contribution in [2.45, 2.75) is 12.7 Å². The van der Waals surface area contributed by atoms with Gasteiger partial charge in [-0.15, -0.1) is 0 Å². The summed E-state index contributed by atoms with van der Waals surface area (Å²) >= 11 is 5.61. The van der Waals surface area contributed by atoms with Crippen molar-refractivity contribution in [3.63, 3.8) is 0 Å². The third-order valence-electron chi connectivity index (χ3n) is 5.61. The van der Waals surface area contributed by atoms with E-state index in [2.05, 4.69) is 25.9 Å². The molecule has 0 radical (unpaired) electrons. The van der Waals surface area contributed by atoms with E-state index in [0.717, 1.165) is 12.1 Å². The normalized spacial score (nSPS) is 13.8. The number of carbonyl (C=O) groups is 2. The van der Waals surface area contributed by atoms with Crippen molar-refractivity contribution in [2.75, 3.05) is 37.2 Å². The molecule has 13 heteroatoms. The lowest BCUT2D eigenvalue weighted by atomic mass is 10.1. The quantitative estimate of drug-likeness (QED) is 0.396. The molecule has 0 bridgehead atoms. The Balaban J connectivity index is 1.43. The van der Waals surface area contributed by atoms with E-state index >= 15 is 0 Å². The SMILES string of the molecule is Nc1ncc(-c2cccc(CNC(=O)Nc3ccc(Cl)c(C(F)(F)F)c3)c2)nc1C(=O)N1CCNCC1. The van der Waals surface area contributed by atoms with Crippen LogP contribution in [0, 0.1) is 0 Å². The molecule has 0 aliphatic carbocycles. The van der Waals surface area contributed by atoms with Crippen molar-refractivity contribution < 1.29 is 22.8 Å². The molecule has 0 saturated carbocycles. The summed E-state index contributed by atoms with van der Waals surface area (Å²) in [5.74, 6) is -0.253. The van der Waals surface area contributed by atoms with E-state index in [1.807, 2.05) is 0 Å². The first-order valence-electron chi connectivity index (χ1n) is 11.3. The molecule has 4 rings (SSSR count). The largest absolute Gasteiger partial charge is 0.417 e. The molecule has 1 saturated heterocycles. The lowest BCUT2D eigenvalue weighted by Crippen LogP contribution is -2.46. The summed E-state index contributed by atoms with van der Waals surface area (Å²) in [6, 6.07) is 9.44. The van der Waals surface area contributed by atoms with Gasteiger partial charge in [0, 0.05) is 44.0 Å². The summed E-state index contributed by atoms with van der Waals surface area (Å²) in [6.45, 7) is 2.53. The molecule has 3 aromatic rings. The number of hydrogen-bond donors (Lipinski definition) is 4. The number of piperazine rings is 1. The highest BCUT2D eigenvalue weighted by Gasteiger charge is 2.33. The Kier molecular flexibility index (Phi) is 7.79. The number of nitrogens with two attached hydrogens (primary N) is 1. The third kappa shape index (κ3) is 6.46. The van der Waals surface area contributed by atoms with Crippen molar-refractivity contribution in [2.24, 2.45) is 0 Å². The van der Waals surface area contributed by atoms with Crippen LogP contribution < -0.4 is 21.7 Å². The van der Waals surface area contributed by atoms with Crippen molar-refractivity contribution in [1.29, 1.82) is 0 Å². The number of urea groups is 1. The van der Waals surface area contributed by atoms with Crippen LogP contribution in [0.5, 0.6) is 0 Å². The third-order valence-corrected chi connectivity index (χ3v) is 5.94. The molecular formula is C24H23ClF3N7O2. The van der Waals surface area contributed by atoms with Crippen LogP contribution in [0.2, 0.25) is 5.02 Å². The van der Waals surface area contributed by atoms with Gasteiger partial charge < -0.3 is 26.6 Å². The topological polar surface area (TPSA) is 125 Å². The van der Waals surface area contributed by atoms with Gasteiger partial charge in [-0.3, -0.25) is 4.79 Å². The second-order valence-electron chi connectivity index (χ2n) is 8.23. The van der Waals surface area contributed by atoms with Crippen LogP contribution in [-0.2, 0) is 12.7 Å². The van der Waals surface area contributed by atoms with E-state index < -0.39 is 22.8 Å². The average Bonchev–Trinajstić information content (AvgIpc) is 2.88. The highest BCUT2D eigenvalue weighted by atomic mass is 35.5. The fourth-order valence-corrected chi connectivity index (χ4v) is 3.96. The van der Waals surface area contributed by atoms with Crippen LogP contribution in [0.4, 0.5) is 29.5 Å². The number of nitrogens with zero attached hydrogens (tertiary/aromatic N) is 3. The van der Waals surface area contributed by atoms with E-state index in [9.17, 15) is 22.8 Å². The highest BCUT2D eigenvalue weighted by molar-refractivity contribution is 6.31. The van der Waals surface area contributed by atoms with Crippen LogP contribution in [-0.4, -0.2) is 53.0 Å². The number of alkyl halides is 3. The van der Waals surface area contributed by atoms with Crippen molar-refractivity contribution in [1.82, 2.24) is 25.5 Å². The number of nitrogen functional groups attached to an aromatic ring is 1. The molecule has 3 amide bonds. The van der Waals surface area contributed by atoms with Crippen LogP contribution in [0.3, 0.4) is 0 Å². The predicted octanol–water partition coefficient (Wildman–Crippen LogP) is 3.77.